The highest BCUT2D eigenvalue weighted by Crippen LogP contribution is 2.15. The van der Waals surface area contributed by atoms with Crippen molar-refractivity contribution in [3.05, 3.63) is 22.7 Å². The van der Waals surface area contributed by atoms with E-state index in [0.717, 1.165) is 13.1 Å². The molecule has 5 nitrogen and oxygen atoms in total. The summed E-state index contributed by atoms with van der Waals surface area (Å²) in [5.74, 6) is 0.522. The molecule has 108 valence electrons. The number of halogens is 2. The monoisotopic (exact) mass is 306 g/mol. The van der Waals surface area contributed by atoms with Gasteiger partial charge in [-0.25, -0.2) is 9.97 Å². The number of rotatable bonds is 6. The van der Waals surface area contributed by atoms with Gasteiger partial charge in [-0.05, 0) is 6.54 Å². The minimum atomic E-state index is -0.262. The average Bonchev–Trinajstić information content (AvgIpc) is 2.34. The first-order chi connectivity index (χ1) is 8.56. The Bertz CT molecular complexity index is 413. The van der Waals surface area contributed by atoms with Crippen LogP contribution in [0, 0.1) is 0 Å². The predicted octanol–water partition coefficient (Wildman–Crippen LogP) is 2.01. The van der Waals surface area contributed by atoms with E-state index in [2.05, 4.69) is 20.6 Å². The van der Waals surface area contributed by atoms with Gasteiger partial charge in [0.05, 0.1) is 11.2 Å². The minimum Gasteiger partial charge on any atom is -0.349 e. The molecule has 0 aromatic carbocycles. The van der Waals surface area contributed by atoms with E-state index in [0.29, 0.717) is 12.4 Å². The lowest BCUT2D eigenvalue weighted by molar-refractivity contribution is 0.0948. The number of carbonyl (C=O) groups is 1. The molecule has 0 saturated heterocycles. The van der Waals surface area contributed by atoms with Crippen molar-refractivity contribution in [3.8, 4) is 0 Å². The molecular weight excluding hydrogens is 287 g/mol. The second-order valence-electron chi connectivity index (χ2n) is 4.19. The lowest BCUT2D eigenvalue weighted by Gasteiger charge is -2.09. The summed E-state index contributed by atoms with van der Waals surface area (Å²) < 4.78 is 0. The van der Waals surface area contributed by atoms with Crippen LogP contribution >= 0.6 is 24.0 Å². The van der Waals surface area contributed by atoms with Crippen molar-refractivity contribution in [1.29, 1.82) is 0 Å². The molecule has 7 heteroatoms. The Labute approximate surface area is 125 Å². The third-order valence-electron chi connectivity index (χ3n) is 2.33. The van der Waals surface area contributed by atoms with E-state index in [4.69, 9.17) is 11.6 Å². The summed E-state index contributed by atoms with van der Waals surface area (Å²) in [7, 11) is 0. The van der Waals surface area contributed by atoms with E-state index in [-0.39, 0.29) is 34.9 Å². The molecule has 0 atom stereocenters. The van der Waals surface area contributed by atoms with E-state index in [1.54, 1.807) is 0 Å². The summed E-state index contributed by atoms with van der Waals surface area (Å²) >= 11 is 5.93. The lowest BCUT2D eigenvalue weighted by Crippen LogP contribution is -2.32. The SMILES string of the molecule is CCNCCNC(=O)c1nc(C(C)C)ncc1Cl.Cl. The van der Waals surface area contributed by atoms with Crippen LogP contribution in [0.1, 0.15) is 43.0 Å². The van der Waals surface area contributed by atoms with Crippen molar-refractivity contribution in [3.63, 3.8) is 0 Å². The Morgan fingerprint density at radius 3 is 2.68 bits per heavy atom. The van der Waals surface area contributed by atoms with Crippen LogP contribution < -0.4 is 10.6 Å². The predicted molar refractivity (Wildman–Crippen MR) is 79.3 cm³/mol. The van der Waals surface area contributed by atoms with Crippen LogP contribution in [0.4, 0.5) is 0 Å². The van der Waals surface area contributed by atoms with Gasteiger partial charge in [-0.3, -0.25) is 4.79 Å². The zero-order chi connectivity index (χ0) is 13.5. The van der Waals surface area contributed by atoms with Crippen LogP contribution in [0.15, 0.2) is 6.20 Å². The largest absolute Gasteiger partial charge is 0.349 e. The highest BCUT2D eigenvalue weighted by Gasteiger charge is 2.14. The van der Waals surface area contributed by atoms with Crippen molar-refractivity contribution in [2.75, 3.05) is 19.6 Å². The van der Waals surface area contributed by atoms with Gasteiger partial charge < -0.3 is 10.6 Å². The zero-order valence-electron chi connectivity index (χ0n) is 11.4. The number of hydrogen-bond acceptors (Lipinski definition) is 4. The Balaban J connectivity index is 0.00000324. The Hall–Kier alpha value is -0.910. The molecule has 1 rings (SSSR count). The van der Waals surface area contributed by atoms with Crippen molar-refractivity contribution in [2.24, 2.45) is 0 Å². The Morgan fingerprint density at radius 1 is 1.42 bits per heavy atom. The zero-order valence-corrected chi connectivity index (χ0v) is 12.9. The molecule has 2 N–H and O–H groups in total. The number of hydrogen-bond donors (Lipinski definition) is 2. The van der Waals surface area contributed by atoms with Gasteiger partial charge in [-0.2, -0.15) is 0 Å². The molecule has 0 spiro atoms. The molecule has 19 heavy (non-hydrogen) atoms. The number of likely N-dealkylation sites (N-methyl/N-ethyl adjacent to an activating group) is 1. The highest BCUT2D eigenvalue weighted by molar-refractivity contribution is 6.33. The molecule has 0 radical (unpaired) electrons. The fourth-order valence-corrected chi connectivity index (χ4v) is 1.52. The summed E-state index contributed by atoms with van der Waals surface area (Å²) in [6.07, 6.45) is 1.48. The second kappa shape index (κ2) is 9.07. The third kappa shape index (κ3) is 5.72. The van der Waals surface area contributed by atoms with E-state index in [1.807, 2.05) is 20.8 Å². The number of amides is 1. The number of aromatic nitrogens is 2. The molecule has 0 aliphatic rings. The van der Waals surface area contributed by atoms with Crippen molar-refractivity contribution >= 4 is 29.9 Å². The summed E-state index contributed by atoms with van der Waals surface area (Å²) in [6.45, 7) is 8.10. The molecule has 1 aromatic heterocycles. The highest BCUT2D eigenvalue weighted by atomic mass is 35.5. The molecule has 0 unspecified atom stereocenters. The molecule has 0 aliphatic heterocycles. The fraction of sp³-hybridized carbons (Fsp3) is 0.583. The molecule has 0 bridgehead atoms. The summed E-state index contributed by atoms with van der Waals surface area (Å²) in [5.41, 5.74) is 0.242. The number of carbonyl (C=O) groups excluding carboxylic acids is 1. The molecule has 1 heterocycles. The fourth-order valence-electron chi connectivity index (χ4n) is 1.34. The Kier molecular flexibility index (Phi) is 8.63. The van der Waals surface area contributed by atoms with Gasteiger partial charge in [0.15, 0.2) is 0 Å². The van der Waals surface area contributed by atoms with Gasteiger partial charge in [0.1, 0.15) is 11.5 Å². The minimum absolute atomic E-state index is 0. The van der Waals surface area contributed by atoms with Gasteiger partial charge in [-0.1, -0.05) is 32.4 Å². The van der Waals surface area contributed by atoms with Crippen LogP contribution in [0.5, 0.6) is 0 Å². The maximum Gasteiger partial charge on any atom is 0.271 e. The molecule has 1 amide bonds. The first kappa shape index (κ1) is 18.1. The quantitative estimate of drug-likeness (QED) is 0.789. The summed E-state index contributed by atoms with van der Waals surface area (Å²) in [4.78, 5) is 20.2. The standard InChI is InChI=1S/C12H19ClN4O.ClH/c1-4-14-5-6-15-12(18)10-9(13)7-16-11(17-10)8(2)3;/h7-8,14H,4-6H2,1-3H3,(H,15,18);1H. The number of nitrogens with zero attached hydrogens (tertiary/aromatic N) is 2. The van der Waals surface area contributed by atoms with E-state index in [1.165, 1.54) is 6.20 Å². The van der Waals surface area contributed by atoms with Crippen LogP contribution in [-0.2, 0) is 0 Å². The maximum absolute atomic E-state index is 11.9. The maximum atomic E-state index is 11.9. The molecular formula is C12H20Cl2N4O. The Morgan fingerprint density at radius 2 is 2.11 bits per heavy atom. The van der Waals surface area contributed by atoms with Crippen LogP contribution in [0.2, 0.25) is 5.02 Å². The van der Waals surface area contributed by atoms with Gasteiger partial charge >= 0.3 is 0 Å². The van der Waals surface area contributed by atoms with Gasteiger partial charge in [0.2, 0.25) is 0 Å². The van der Waals surface area contributed by atoms with Gasteiger partial charge in [0.25, 0.3) is 5.91 Å². The first-order valence-corrected chi connectivity index (χ1v) is 6.45. The van der Waals surface area contributed by atoms with Crippen LogP contribution in [0.3, 0.4) is 0 Å². The molecule has 0 saturated carbocycles. The first-order valence-electron chi connectivity index (χ1n) is 6.07. The van der Waals surface area contributed by atoms with Crippen LogP contribution in [-0.4, -0.2) is 35.5 Å². The molecule has 1 aromatic rings. The van der Waals surface area contributed by atoms with E-state index >= 15 is 0 Å². The topological polar surface area (TPSA) is 66.9 Å². The average molecular weight is 307 g/mol. The smallest absolute Gasteiger partial charge is 0.271 e. The summed E-state index contributed by atoms with van der Waals surface area (Å²) in [6, 6.07) is 0. The molecule has 0 fully saturated rings. The van der Waals surface area contributed by atoms with Gasteiger partial charge in [-0.15, -0.1) is 12.4 Å². The van der Waals surface area contributed by atoms with Crippen molar-refractivity contribution < 1.29 is 4.79 Å². The number of nitrogens with one attached hydrogen (secondary N) is 2. The van der Waals surface area contributed by atoms with E-state index in [9.17, 15) is 4.79 Å². The van der Waals surface area contributed by atoms with Crippen molar-refractivity contribution in [1.82, 2.24) is 20.6 Å². The van der Waals surface area contributed by atoms with E-state index < -0.39 is 0 Å². The second-order valence-corrected chi connectivity index (χ2v) is 4.60. The lowest BCUT2D eigenvalue weighted by atomic mass is 10.2. The molecule has 0 aliphatic carbocycles. The van der Waals surface area contributed by atoms with Crippen LogP contribution in [0.25, 0.3) is 0 Å². The summed E-state index contributed by atoms with van der Waals surface area (Å²) in [5, 5.41) is 6.16. The van der Waals surface area contributed by atoms with Gasteiger partial charge in [0, 0.05) is 19.0 Å². The normalized spacial score (nSPS) is 10.2. The van der Waals surface area contributed by atoms with Crippen molar-refractivity contribution in [2.45, 2.75) is 26.7 Å². The third-order valence-corrected chi connectivity index (χ3v) is 2.61.